The van der Waals surface area contributed by atoms with Gasteiger partial charge in [0.25, 0.3) is 0 Å². The van der Waals surface area contributed by atoms with Crippen LogP contribution in [0.5, 0.6) is 0 Å². The van der Waals surface area contributed by atoms with Gasteiger partial charge in [0.15, 0.2) is 0 Å². The summed E-state index contributed by atoms with van der Waals surface area (Å²) in [6.45, 7) is 2.73. The van der Waals surface area contributed by atoms with Crippen molar-refractivity contribution >= 4 is 5.69 Å². The maximum Gasteiger partial charge on any atom is 0.0951 e. The fraction of sp³-hybridized carbons (Fsp3) is 0.250. The van der Waals surface area contributed by atoms with E-state index >= 15 is 0 Å². The number of para-hydroxylation sites is 1. The molecule has 3 aromatic rings. The first kappa shape index (κ1) is 12.2. The minimum Gasteiger partial charge on any atom is -0.384 e. The number of fused-ring (bicyclic) bond motifs is 1. The van der Waals surface area contributed by atoms with Crippen LogP contribution in [0, 0.1) is 0 Å². The third kappa shape index (κ3) is 2.20. The second-order valence-corrected chi connectivity index (χ2v) is 5.26. The van der Waals surface area contributed by atoms with Gasteiger partial charge in [-0.3, -0.25) is 4.68 Å². The highest BCUT2D eigenvalue weighted by Gasteiger charge is 2.17. The highest BCUT2D eigenvalue weighted by atomic mass is 15.3. The lowest BCUT2D eigenvalue weighted by Gasteiger charge is -2.12. The predicted molar refractivity (Wildman–Crippen MR) is 82.1 cm³/mol. The highest BCUT2D eigenvalue weighted by molar-refractivity contribution is 5.79. The van der Waals surface area contributed by atoms with Crippen molar-refractivity contribution in [3.8, 4) is 11.3 Å². The number of nitrogens with zero attached hydrogens (tertiary/aromatic N) is 4. The molecule has 3 heterocycles. The first-order valence-corrected chi connectivity index (χ1v) is 7.25. The van der Waals surface area contributed by atoms with Gasteiger partial charge in [0.05, 0.1) is 24.8 Å². The number of imidazole rings is 1. The minimum absolute atomic E-state index is 0.846. The number of aromatic nitrogens is 4. The zero-order valence-electron chi connectivity index (χ0n) is 11.7. The van der Waals surface area contributed by atoms with Crippen molar-refractivity contribution in [2.75, 3.05) is 11.9 Å². The Morgan fingerprint density at radius 2 is 2.19 bits per heavy atom. The summed E-state index contributed by atoms with van der Waals surface area (Å²) in [6, 6.07) is 8.44. The first-order valence-electron chi connectivity index (χ1n) is 7.25. The molecule has 1 aliphatic heterocycles. The molecule has 5 heteroatoms. The molecule has 1 aliphatic rings. The third-order valence-electron chi connectivity index (χ3n) is 3.96. The van der Waals surface area contributed by atoms with E-state index in [-0.39, 0.29) is 0 Å². The van der Waals surface area contributed by atoms with Crippen molar-refractivity contribution in [2.24, 2.45) is 0 Å². The number of nitrogens with one attached hydrogen (secondary N) is 1. The Morgan fingerprint density at radius 1 is 1.19 bits per heavy atom. The van der Waals surface area contributed by atoms with E-state index in [1.165, 1.54) is 16.8 Å². The number of benzene rings is 1. The Hall–Kier alpha value is -2.56. The third-order valence-corrected chi connectivity index (χ3v) is 3.96. The van der Waals surface area contributed by atoms with Crippen molar-refractivity contribution in [3.63, 3.8) is 0 Å². The van der Waals surface area contributed by atoms with Gasteiger partial charge in [-0.1, -0.05) is 18.2 Å². The molecule has 0 atom stereocenters. The average Bonchev–Trinajstić information content (AvgIpc) is 3.25. The minimum atomic E-state index is 0.846. The number of rotatable bonds is 4. The maximum atomic E-state index is 4.33. The van der Waals surface area contributed by atoms with Crippen LogP contribution >= 0.6 is 0 Å². The lowest BCUT2D eigenvalue weighted by Crippen LogP contribution is -2.08. The van der Waals surface area contributed by atoms with Gasteiger partial charge in [-0.2, -0.15) is 5.10 Å². The Labute approximate surface area is 123 Å². The van der Waals surface area contributed by atoms with E-state index in [1.54, 1.807) is 0 Å². The van der Waals surface area contributed by atoms with Crippen LogP contribution in [0.4, 0.5) is 5.69 Å². The van der Waals surface area contributed by atoms with Crippen LogP contribution in [0.2, 0.25) is 0 Å². The SMILES string of the molecule is c1cc2c(c(-c3cncn3CCn3cccn3)c1)NCC2. The number of anilines is 1. The molecule has 0 saturated heterocycles. The van der Waals surface area contributed by atoms with E-state index in [4.69, 9.17) is 0 Å². The monoisotopic (exact) mass is 279 g/mol. The van der Waals surface area contributed by atoms with Gasteiger partial charge in [0.1, 0.15) is 0 Å². The van der Waals surface area contributed by atoms with Crippen molar-refractivity contribution in [1.29, 1.82) is 0 Å². The number of aryl methyl sites for hydroxylation is 2. The van der Waals surface area contributed by atoms with Crippen LogP contribution in [0.15, 0.2) is 49.2 Å². The Bertz CT molecular complexity index is 742. The Morgan fingerprint density at radius 3 is 3.10 bits per heavy atom. The summed E-state index contributed by atoms with van der Waals surface area (Å²) in [5.41, 5.74) is 5.06. The van der Waals surface area contributed by atoms with Gasteiger partial charge in [-0.15, -0.1) is 0 Å². The van der Waals surface area contributed by atoms with Crippen molar-refractivity contribution in [3.05, 3.63) is 54.7 Å². The molecule has 4 rings (SSSR count). The van der Waals surface area contributed by atoms with Crippen molar-refractivity contribution < 1.29 is 0 Å². The molecular weight excluding hydrogens is 262 g/mol. The fourth-order valence-electron chi connectivity index (χ4n) is 2.92. The Kier molecular flexibility index (Phi) is 2.96. The average molecular weight is 279 g/mol. The van der Waals surface area contributed by atoms with Gasteiger partial charge < -0.3 is 9.88 Å². The van der Waals surface area contributed by atoms with E-state index < -0.39 is 0 Å². The summed E-state index contributed by atoms with van der Waals surface area (Å²) >= 11 is 0. The van der Waals surface area contributed by atoms with E-state index in [9.17, 15) is 0 Å². The molecule has 21 heavy (non-hydrogen) atoms. The summed E-state index contributed by atoms with van der Waals surface area (Å²) < 4.78 is 4.13. The van der Waals surface area contributed by atoms with Gasteiger partial charge in [-0.05, 0) is 18.1 Å². The lowest BCUT2D eigenvalue weighted by molar-refractivity contribution is 0.536. The predicted octanol–water partition coefficient (Wildman–Crippen LogP) is 2.41. The standard InChI is InChI=1S/C16H17N5/c1-3-13-5-7-18-16(13)14(4-1)15-11-17-12-20(15)9-10-21-8-2-6-19-21/h1-4,6,8,11-12,18H,5,7,9-10H2. The molecule has 0 radical (unpaired) electrons. The largest absolute Gasteiger partial charge is 0.384 e. The van der Waals surface area contributed by atoms with Gasteiger partial charge in [0.2, 0.25) is 0 Å². The second-order valence-electron chi connectivity index (χ2n) is 5.26. The summed E-state index contributed by atoms with van der Waals surface area (Å²) in [5.74, 6) is 0. The topological polar surface area (TPSA) is 47.7 Å². The van der Waals surface area contributed by atoms with Crippen molar-refractivity contribution in [2.45, 2.75) is 19.5 Å². The molecule has 0 amide bonds. The number of hydrogen-bond donors (Lipinski definition) is 1. The second kappa shape index (κ2) is 5.09. The molecular formula is C16H17N5. The van der Waals surface area contributed by atoms with Crippen LogP contribution in [0.1, 0.15) is 5.56 Å². The summed E-state index contributed by atoms with van der Waals surface area (Å²) in [7, 11) is 0. The first-order chi connectivity index (χ1) is 10.4. The van der Waals surface area contributed by atoms with E-state index in [0.29, 0.717) is 0 Å². The van der Waals surface area contributed by atoms with Gasteiger partial charge in [-0.25, -0.2) is 4.98 Å². The molecule has 106 valence electrons. The van der Waals surface area contributed by atoms with Crippen molar-refractivity contribution in [1.82, 2.24) is 19.3 Å². The van der Waals surface area contributed by atoms with Crippen LogP contribution in [0.25, 0.3) is 11.3 Å². The maximum absolute atomic E-state index is 4.33. The van der Waals surface area contributed by atoms with Gasteiger partial charge >= 0.3 is 0 Å². The molecule has 0 aliphatic carbocycles. The molecule has 0 saturated carbocycles. The number of hydrogen-bond acceptors (Lipinski definition) is 3. The van der Waals surface area contributed by atoms with E-state index in [0.717, 1.165) is 31.7 Å². The summed E-state index contributed by atoms with van der Waals surface area (Å²) in [4.78, 5) is 4.33. The summed E-state index contributed by atoms with van der Waals surface area (Å²) in [6.07, 6.45) is 8.73. The van der Waals surface area contributed by atoms with Gasteiger partial charge in [0, 0.05) is 36.7 Å². The smallest absolute Gasteiger partial charge is 0.0951 e. The summed E-state index contributed by atoms with van der Waals surface area (Å²) in [5, 5.41) is 7.74. The van der Waals surface area contributed by atoms with Crippen LogP contribution in [-0.4, -0.2) is 25.9 Å². The molecule has 0 fully saturated rings. The Balaban J connectivity index is 1.65. The molecule has 1 N–H and O–H groups in total. The van der Waals surface area contributed by atoms with Crippen LogP contribution in [-0.2, 0) is 19.5 Å². The van der Waals surface area contributed by atoms with Crippen LogP contribution in [0.3, 0.4) is 0 Å². The van der Waals surface area contributed by atoms with E-state index in [2.05, 4.69) is 38.2 Å². The molecule has 1 aromatic carbocycles. The zero-order valence-corrected chi connectivity index (χ0v) is 11.7. The normalized spacial score (nSPS) is 13.1. The molecule has 0 spiro atoms. The molecule has 0 unspecified atom stereocenters. The quantitative estimate of drug-likeness (QED) is 0.798. The van der Waals surface area contributed by atoms with Crippen LogP contribution < -0.4 is 5.32 Å². The zero-order chi connectivity index (χ0) is 14.1. The van der Waals surface area contributed by atoms with E-state index in [1.807, 2.05) is 35.7 Å². The molecule has 2 aromatic heterocycles. The molecule has 0 bridgehead atoms. The highest BCUT2D eigenvalue weighted by Crippen LogP contribution is 2.34. The fourth-order valence-corrected chi connectivity index (χ4v) is 2.92. The molecule has 5 nitrogen and oxygen atoms in total. The lowest BCUT2D eigenvalue weighted by atomic mass is 10.1.